The highest BCUT2D eigenvalue weighted by Crippen LogP contribution is 2.17. The lowest BCUT2D eigenvalue weighted by molar-refractivity contribution is -0.384. The summed E-state index contributed by atoms with van der Waals surface area (Å²) in [5.74, 6) is 0. The molecule has 0 saturated carbocycles. The first-order valence-corrected chi connectivity index (χ1v) is 5.25. The first-order valence-electron chi connectivity index (χ1n) is 5.25. The number of rotatable bonds is 4. The van der Waals surface area contributed by atoms with Crippen molar-refractivity contribution in [3.8, 4) is 0 Å². The van der Waals surface area contributed by atoms with E-state index in [1.54, 1.807) is 13.8 Å². The van der Waals surface area contributed by atoms with Crippen LogP contribution < -0.4 is 11.1 Å². The Bertz CT molecular complexity index is 454. The number of anilines is 1. The highest BCUT2D eigenvalue weighted by molar-refractivity contribution is 5.85. The van der Waals surface area contributed by atoms with Crippen molar-refractivity contribution in [2.75, 3.05) is 11.9 Å². The quantitative estimate of drug-likeness (QED) is 0.629. The van der Waals surface area contributed by atoms with E-state index in [2.05, 4.69) is 5.32 Å². The average molecular weight is 253 g/mol. The largest absolute Gasteiger partial charge is 0.447 e. The minimum atomic E-state index is -0.700. The number of hydrogen-bond donors (Lipinski definition) is 2. The first-order chi connectivity index (χ1) is 8.28. The molecule has 0 radical (unpaired) electrons. The maximum absolute atomic E-state index is 11.4. The molecule has 98 valence electrons. The highest BCUT2D eigenvalue weighted by Gasteiger charge is 2.14. The molecule has 0 aliphatic carbocycles. The Hall–Kier alpha value is -2.15. The van der Waals surface area contributed by atoms with Crippen molar-refractivity contribution in [1.29, 1.82) is 0 Å². The predicted molar refractivity (Wildman–Crippen MR) is 66.3 cm³/mol. The lowest BCUT2D eigenvalue weighted by atomic mass is 10.1. The van der Waals surface area contributed by atoms with Crippen LogP contribution >= 0.6 is 0 Å². The molecule has 0 aromatic heterocycles. The fraction of sp³-hybridized carbons (Fsp3) is 0.364. The van der Waals surface area contributed by atoms with Gasteiger partial charge in [-0.05, 0) is 19.9 Å². The Kier molecular flexibility index (Phi) is 4.22. The number of nitrogens with one attached hydrogen (secondary N) is 1. The Labute approximate surface area is 104 Å². The molecule has 7 nitrogen and oxygen atoms in total. The minimum Gasteiger partial charge on any atom is -0.447 e. The van der Waals surface area contributed by atoms with E-state index in [4.69, 9.17) is 10.5 Å². The Morgan fingerprint density at radius 1 is 1.56 bits per heavy atom. The minimum absolute atomic E-state index is 0.0494. The third-order valence-corrected chi connectivity index (χ3v) is 1.88. The second-order valence-corrected chi connectivity index (χ2v) is 4.50. The number of carbonyl (C=O) groups excluding carboxylic acids is 1. The van der Waals surface area contributed by atoms with Crippen molar-refractivity contribution in [2.24, 2.45) is 5.73 Å². The second kappa shape index (κ2) is 5.46. The third kappa shape index (κ3) is 4.79. The van der Waals surface area contributed by atoms with E-state index in [-0.39, 0.29) is 12.3 Å². The standard InChI is InChI=1S/C11H15N3O4/c1-11(2,12)7-18-10(15)13-8-4-3-5-9(6-8)14(16)17/h3-6H,7,12H2,1-2H3,(H,13,15). The second-order valence-electron chi connectivity index (χ2n) is 4.50. The van der Waals surface area contributed by atoms with Crippen LogP contribution in [0.25, 0.3) is 0 Å². The zero-order valence-corrected chi connectivity index (χ0v) is 10.2. The SMILES string of the molecule is CC(C)(N)COC(=O)Nc1cccc([N+](=O)[O-])c1. The summed E-state index contributed by atoms with van der Waals surface area (Å²) in [6, 6.07) is 5.58. The number of hydrogen-bond acceptors (Lipinski definition) is 5. The summed E-state index contributed by atoms with van der Waals surface area (Å²) < 4.78 is 4.87. The van der Waals surface area contributed by atoms with Crippen LogP contribution in [0.2, 0.25) is 0 Å². The Balaban J connectivity index is 2.59. The fourth-order valence-corrected chi connectivity index (χ4v) is 1.10. The van der Waals surface area contributed by atoms with Gasteiger partial charge in [-0.15, -0.1) is 0 Å². The Morgan fingerprint density at radius 3 is 2.78 bits per heavy atom. The maximum atomic E-state index is 11.4. The van der Waals surface area contributed by atoms with Crippen molar-refractivity contribution < 1.29 is 14.5 Å². The van der Waals surface area contributed by atoms with Crippen molar-refractivity contribution in [3.05, 3.63) is 34.4 Å². The molecule has 1 aromatic rings. The molecule has 3 N–H and O–H groups in total. The number of nitro benzene ring substituents is 1. The number of carbonyl (C=O) groups is 1. The van der Waals surface area contributed by atoms with Crippen molar-refractivity contribution >= 4 is 17.5 Å². The zero-order valence-electron chi connectivity index (χ0n) is 10.2. The highest BCUT2D eigenvalue weighted by atomic mass is 16.6. The lowest BCUT2D eigenvalue weighted by Gasteiger charge is -2.18. The maximum Gasteiger partial charge on any atom is 0.411 e. The molecule has 18 heavy (non-hydrogen) atoms. The van der Waals surface area contributed by atoms with E-state index in [9.17, 15) is 14.9 Å². The molecular formula is C11H15N3O4. The van der Waals surface area contributed by atoms with E-state index < -0.39 is 16.6 Å². The molecule has 0 saturated heterocycles. The van der Waals surface area contributed by atoms with Gasteiger partial charge in [-0.25, -0.2) is 4.79 Å². The smallest absolute Gasteiger partial charge is 0.411 e. The van der Waals surface area contributed by atoms with E-state index in [0.717, 1.165) is 0 Å². The van der Waals surface area contributed by atoms with Crippen LogP contribution in [-0.2, 0) is 4.74 Å². The third-order valence-electron chi connectivity index (χ3n) is 1.88. The van der Waals surface area contributed by atoms with Crippen LogP contribution in [0, 0.1) is 10.1 Å². The molecular weight excluding hydrogens is 238 g/mol. The van der Waals surface area contributed by atoms with Gasteiger partial charge in [-0.1, -0.05) is 6.07 Å². The summed E-state index contributed by atoms with van der Waals surface area (Å²) in [6.45, 7) is 3.48. The summed E-state index contributed by atoms with van der Waals surface area (Å²) in [7, 11) is 0. The number of ether oxygens (including phenoxy) is 1. The van der Waals surface area contributed by atoms with Crippen LogP contribution in [0.15, 0.2) is 24.3 Å². The molecule has 0 fully saturated rings. The molecule has 0 aliphatic heterocycles. The van der Waals surface area contributed by atoms with Gasteiger partial charge in [0.15, 0.2) is 0 Å². The number of benzene rings is 1. The zero-order chi connectivity index (χ0) is 13.8. The summed E-state index contributed by atoms with van der Waals surface area (Å²) in [5.41, 5.74) is 5.21. The molecule has 0 unspecified atom stereocenters. The number of nitrogens with two attached hydrogens (primary N) is 1. The van der Waals surface area contributed by atoms with Crippen LogP contribution in [0.5, 0.6) is 0 Å². The fourth-order valence-electron chi connectivity index (χ4n) is 1.10. The van der Waals surface area contributed by atoms with E-state index >= 15 is 0 Å². The molecule has 0 aliphatic rings. The van der Waals surface area contributed by atoms with Crippen LogP contribution in [0.3, 0.4) is 0 Å². The molecule has 1 aromatic carbocycles. The van der Waals surface area contributed by atoms with Crippen molar-refractivity contribution in [2.45, 2.75) is 19.4 Å². The van der Waals surface area contributed by atoms with Crippen molar-refractivity contribution in [1.82, 2.24) is 0 Å². The van der Waals surface area contributed by atoms with Gasteiger partial charge in [0, 0.05) is 17.7 Å². The summed E-state index contributed by atoms with van der Waals surface area (Å²) in [5, 5.41) is 12.9. The molecule has 0 bridgehead atoms. The molecule has 1 amide bonds. The number of nitro groups is 1. The van der Waals surface area contributed by atoms with Crippen LogP contribution in [0.4, 0.5) is 16.2 Å². The molecule has 0 spiro atoms. The van der Waals surface area contributed by atoms with Gasteiger partial charge in [0.25, 0.3) is 5.69 Å². The van der Waals surface area contributed by atoms with E-state index in [0.29, 0.717) is 5.69 Å². The van der Waals surface area contributed by atoms with Gasteiger partial charge in [0.2, 0.25) is 0 Å². The van der Waals surface area contributed by atoms with Crippen molar-refractivity contribution in [3.63, 3.8) is 0 Å². The first kappa shape index (κ1) is 13.9. The van der Waals surface area contributed by atoms with E-state index in [1.165, 1.54) is 24.3 Å². The number of nitrogens with zero attached hydrogens (tertiary/aromatic N) is 1. The summed E-state index contributed by atoms with van der Waals surface area (Å²) in [4.78, 5) is 21.4. The Morgan fingerprint density at radius 2 is 2.22 bits per heavy atom. The van der Waals surface area contributed by atoms with Gasteiger partial charge < -0.3 is 10.5 Å². The summed E-state index contributed by atoms with van der Waals surface area (Å²) in [6.07, 6.45) is -0.700. The van der Waals surface area contributed by atoms with Gasteiger partial charge >= 0.3 is 6.09 Å². The summed E-state index contributed by atoms with van der Waals surface area (Å²) >= 11 is 0. The molecule has 1 rings (SSSR count). The predicted octanol–water partition coefficient (Wildman–Crippen LogP) is 1.88. The normalized spacial score (nSPS) is 10.8. The average Bonchev–Trinajstić information content (AvgIpc) is 2.26. The van der Waals surface area contributed by atoms with E-state index in [1.807, 2.05) is 0 Å². The van der Waals surface area contributed by atoms with Crippen LogP contribution in [-0.4, -0.2) is 23.2 Å². The van der Waals surface area contributed by atoms with Crippen LogP contribution in [0.1, 0.15) is 13.8 Å². The molecule has 7 heteroatoms. The van der Waals surface area contributed by atoms with Gasteiger partial charge in [-0.3, -0.25) is 15.4 Å². The molecule has 0 atom stereocenters. The molecule has 0 heterocycles. The topological polar surface area (TPSA) is 107 Å². The lowest BCUT2D eigenvalue weighted by Crippen LogP contribution is -2.38. The number of non-ortho nitro benzene ring substituents is 1. The monoisotopic (exact) mass is 253 g/mol. The number of amides is 1. The van der Waals surface area contributed by atoms with Gasteiger partial charge in [0.1, 0.15) is 6.61 Å². The van der Waals surface area contributed by atoms with Gasteiger partial charge in [-0.2, -0.15) is 0 Å². The van der Waals surface area contributed by atoms with Gasteiger partial charge in [0.05, 0.1) is 10.6 Å².